The molecule has 412 valence electrons. The number of rotatable bonds is 60. The molecule has 7 nitrogen and oxygen atoms in total. The molecule has 0 heterocycles. The summed E-state index contributed by atoms with van der Waals surface area (Å²) in [6.07, 6.45) is 58.7. The van der Waals surface area contributed by atoms with E-state index in [1.165, 1.54) is 180 Å². The molecule has 7 heteroatoms. The number of allylic oxidation sites excluding steroid dienone is 2. The first kappa shape index (κ1) is 68.2. The summed E-state index contributed by atoms with van der Waals surface area (Å²) < 4.78 is 44.9. The molecule has 2 unspecified atom stereocenters. The maximum Gasteiger partial charge on any atom is 0.180 e. The fourth-order valence-electron chi connectivity index (χ4n) is 8.60. The van der Waals surface area contributed by atoms with E-state index in [0.29, 0.717) is 13.2 Å². The lowest BCUT2D eigenvalue weighted by atomic mass is 10.1. The van der Waals surface area contributed by atoms with Gasteiger partial charge in [0.2, 0.25) is 0 Å². The Morgan fingerprint density at radius 2 is 0.478 bits per heavy atom. The molecule has 0 spiro atoms. The Hall–Kier alpha value is -0.800. The van der Waals surface area contributed by atoms with Crippen LogP contribution in [-0.2, 0) is 33.2 Å². The summed E-state index contributed by atoms with van der Waals surface area (Å²) in [6, 6.07) is 0. The third-order valence-electron chi connectivity index (χ3n) is 13.2. The molecular formula is C62H122O7. The second kappa shape index (κ2) is 59.8. The molecule has 0 aromatic carbocycles. The van der Waals surface area contributed by atoms with Gasteiger partial charge in [-0.05, 0) is 102 Å². The molecule has 0 bridgehead atoms. The molecule has 0 saturated heterocycles. The zero-order valence-electron chi connectivity index (χ0n) is 47.4. The van der Waals surface area contributed by atoms with E-state index in [2.05, 4.69) is 65.8 Å². The van der Waals surface area contributed by atoms with Crippen LogP contribution in [0.25, 0.3) is 0 Å². The molecule has 0 amide bonds. The molecule has 2 atom stereocenters. The van der Waals surface area contributed by atoms with Gasteiger partial charge in [-0.1, -0.05) is 233 Å². The van der Waals surface area contributed by atoms with Gasteiger partial charge in [-0.25, -0.2) is 0 Å². The quantitative estimate of drug-likeness (QED) is 0.0342. The largest absolute Gasteiger partial charge is 0.353 e. The van der Waals surface area contributed by atoms with Crippen LogP contribution in [0.15, 0.2) is 24.3 Å². The van der Waals surface area contributed by atoms with Crippen molar-refractivity contribution in [1.29, 1.82) is 0 Å². The predicted molar refractivity (Wildman–Crippen MR) is 298 cm³/mol. The Labute approximate surface area is 431 Å². The van der Waals surface area contributed by atoms with Gasteiger partial charge in [0.05, 0.1) is 13.2 Å². The monoisotopic (exact) mass is 979 g/mol. The highest BCUT2D eigenvalue weighted by Gasteiger charge is 2.15. The minimum absolute atomic E-state index is 0.0907. The maximum absolute atomic E-state index is 6.68. The van der Waals surface area contributed by atoms with Crippen molar-refractivity contribution in [3.05, 3.63) is 24.3 Å². The van der Waals surface area contributed by atoms with Crippen LogP contribution in [-0.4, -0.2) is 64.8 Å². The SMILES string of the molecule is CCCCCCCCCOC(C=CCCCCC(OCCCCCCC)OCCCCCCC)OC(C=CCCCCC(OCCCCCCC)OCCCCCCC)OCCCCCCCCC. The molecule has 0 saturated carbocycles. The summed E-state index contributed by atoms with van der Waals surface area (Å²) in [4.78, 5) is 0. The molecule has 0 rings (SSSR count). The molecule has 0 aromatic rings. The van der Waals surface area contributed by atoms with Crippen molar-refractivity contribution in [2.45, 2.75) is 336 Å². The van der Waals surface area contributed by atoms with Crippen LogP contribution in [0.2, 0.25) is 0 Å². The lowest BCUT2D eigenvalue weighted by molar-refractivity contribution is -0.208. The summed E-state index contributed by atoms with van der Waals surface area (Å²) in [7, 11) is 0. The summed E-state index contributed by atoms with van der Waals surface area (Å²) >= 11 is 0. The molecule has 0 radical (unpaired) electrons. The molecule has 0 N–H and O–H groups in total. The first-order valence-electron chi connectivity index (χ1n) is 30.8. The Kier molecular flexibility index (Phi) is 59.1. The van der Waals surface area contributed by atoms with Crippen LogP contribution >= 0.6 is 0 Å². The van der Waals surface area contributed by atoms with Gasteiger partial charge < -0.3 is 33.2 Å². The average molecular weight is 980 g/mol. The van der Waals surface area contributed by atoms with Crippen molar-refractivity contribution in [2.75, 3.05) is 39.6 Å². The summed E-state index contributed by atoms with van der Waals surface area (Å²) in [5, 5.41) is 0. The van der Waals surface area contributed by atoms with E-state index in [-0.39, 0.29) is 12.6 Å². The van der Waals surface area contributed by atoms with Crippen molar-refractivity contribution >= 4 is 0 Å². The lowest BCUT2D eigenvalue weighted by Crippen LogP contribution is -2.25. The topological polar surface area (TPSA) is 64.6 Å². The Bertz CT molecular complexity index is 882. The standard InChI is InChI=1S/C62H122O7/c1-7-13-19-25-27-37-47-57-67-61(51-41-31-29-39-49-59(63-53-43-33-21-15-9-3)64-54-44-34-22-16-10-4)69-62(68-58-48-38-28-26-20-14-8-2)52-42-32-30-40-50-60(65-55-45-35-23-17-11-5)66-56-46-36-24-18-12-6/h41-42,51-52,59-62H,7-40,43-50,53-58H2,1-6H3. The minimum Gasteiger partial charge on any atom is -0.353 e. The molecule has 0 aromatic heterocycles. The zero-order valence-corrected chi connectivity index (χ0v) is 47.4. The lowest BCUT2D eigenvalue weighted by Gasteiger charge is -2.22. The van der Waals surface area contributed by atoms with E-state index in [1.54, 1.807) is 0 Å². The van der Waals surface area contributed by atoms with E-state index in [0.717, 1.165) is 116 Å². The zero-order chi connectivity index (χ0) is 50.0. The second-order valence-electron chi connectivity index (χ2n) is 20.3. The molecule has 0 aliphatic rings. The normalized spacial score (nSPS) is 13.1. The van der Waals surface area contributed by atoms with Gasteiger partial charge in [0.15, 0.2) is 25.2 Å². The van der Waals surface area contributed by atoms with Crippen LogP contribution in [0.4, 0.5) is 0 Å². The fourth-order valence-corrected chi connectivity index (χ4v) is 8.60. The highest BCUT2D eigenvalue weighted by molar-refractivity contribution is 4.90. The number of unbranched alkanes of at least 4 members (excludes halogenated alkanes) is 32. The Morgan fingerprint density at radius 1 is 0.246 bits per heavy atom. The third kappa shape index (κ3) is 53.3. The van der Waals surface area contributed by atoms with Gasteiger partial charge in [-0.15, -0.1) is 0 Å². The van der Waals surface area contributed by atoms with E-state index >= 15 is 0 Å². The van der Waals surface area contributed by atoms with Crippen molar-refractivity contribution in [3.63, 3.8) is 0 Å². The van der Waals surface area contributed by atoms with Gasteiger partial charge in [0, 0.05) is 26.4 Å². The van der Waals surface area contributed by atoms with E-state index in [1.807, 2.05) is 0 Å². The number of hydrogen-bond acceptors (Lipinski definition) is 7. The van der Waals surface area contributed by atoms with Gasteiger partial charge in [0.1, 0.15) is 0 Å². The average Bonchev–Trinajstić information content (AvgIpc) is 3.36. The van der Waals surface area contributed by atoms with Crippen LogP contribution in [0.1, 0.15) is 311 Å². The van der Waals surface area contributed by atoms with Crippen LogP contribution in [0.5, 0.6) is 0 Å². The van der Waals surface area contributed by atoms with Crippen molar-refractivity contribution < 1.29 is 33.2 Å². The Morgan fingerprint density at radius 3 is 0.739 bits per heavy atom. The molecular weight excluding hydrogens is 857 g/mol. The van der Waals surface area contributed by atoms with Gasteiger partial charge >= 0.3 is 0 Å². The fraction of sp³-hybridized carbons (Fsp3) is 0.935. The first-order chi connectivity index (χ1) is 34.1. The van der Waals surface area contributed by atoms with Crippen molar-refractivity contribution in [3.8, 4) is 0 Å². The first-order valence-corrected chi connectivity index (χ1v) is 30.8. The van der Waals surface area contributed by atoms with Crippen LogP contribution < -0.4 is 0 Å². The molecule has 0 fully saturated rings. The predicted octanol–water partition coefficient (Wildman–Crippen LogP) is 20.0. The summed E-state index contributed by atoms with van der Waals surface area (Å²) in [5.74, 6) is 0. The minimum atomic E-state index is -0.437. The van der Waals surface area contributed by atoms with Crippen molar-refractivity contribution in [1.82, 2.24) is 0 Å². The second-order valence-corrected chi connectivity index (χ2v) is 20.3. The number of hydrogen-bond donors (Lipinski definition) is 0. The van der Waals surface area contributed by atoms with Gasteiger partial charge in [-0.2, -0.15) is 0 Å². The van der Waals surface area contributed by atoms with Gasteiger partial charge in [0.25, 0.3) is 0 Å². The van der Waals surface area contributed by atoms with Crippen molar-refractivity contribution in [2.24, 2.45) is 0 Å². The molecule has 0 aliphatic heterocycles. The molecule has 69 heavy (non-hydrogen) atoms. The highest BCUT2D eigenvalue weighted by atomic mass is 16.8. The van der Waals surface area contributed by atoms with E-state index in [4.69, 9.17) is 33.2 Å². The van der Waals surface area contributed by atoms with E-state index < -0.39 is 12.6 Å². The van der Waals surface area contributed by atoms with Crippen LogP contribution in [0, 0.1) is 0 Å². The summed E-state index contributed by atoms with van der Waals surface area (Å²) in [5.41, 5.74) is 0. The number of ether oxygens (including phenoxy) is 7. The third-order valence-corrected chi connectivity index (χ3v) is 13.2. The Balaban J connectivity index is 5.55. The summed E-state index contributed by atoms with van der Waals surface area (Å²) in [6.45, 7) is 18.3. The highest BCUT2D eigenvalue weighted by Crippen LogP contribution is 2.18. The smallest absolute Gasteiger partial charge is 0.180 e. The maximum atomic E-state index is 6.68. The van der Waals surface area contributed by atoms with E-state index in [9.17, 15) is 0 Å². The molecule has 0 aliphatic carbocycles. The van der Waals surface area contributed by atoms with Gasteiger partial charge in [-0.3, -0.25) is 0 Å². The van der Waals surface area contributed by atoms with Crippen LogP contribution in [0.3, 0.4) is 0 Å².